The number of Topliss-reactive ketones (excluding diaryl/α,β-unsaturated/α-hetero) is 2. The van der Waals surface area contributed by atoms with Crippen LogP contribution in [0.5, 0.6) is 0 Å². The predicted octanol–water partition coefficient (Wildman–Crippen LogP) is 16.6. The smallest absolute Gasteiger partial charge is 0.308 e. The van der Waals surface area contributed by atoms with E-state index >= 15 is 9.59 Å². The molecule has 0 fully saturated rings. The van der Waals surface area contributed by atoms with E-state index in [0.29, 0.717) is 74.5 Å². The summed E-state index contributed by atoms with van der Waals surface area (Å²) in [6.45, 7) is 35.7. The maximum absolute atomic E-state index is 15.3. The highest BCUT2D eigenvalue weighted by Gasteiger charge is 2.53. The minimum absolute atomic E-state index is 0.00434. The van der Waals surface area contributed by atoms with Gasteiger partial charge in [0.2, 0.25) is 17.7 Å². The fourth-order valence-electron chi connectivity index (χ4n) is 14.0. The molecule has 0 aliphatic carbocycles. The van der Waals surface area contributed by atoms with Gasteiger partial charge >= 0.3 is 5.97 Å². The van der Waals surface area contributed by atoms with E-state index in [0.717, 1.165) is 10.4 Å². The molecule has 15 nitrogen and oxygen atoms in total. The highest BCUT2D eigenvalue weighted by molar-refractivity contribution is 7.00. The molecule has 7 aromatic rings. The van der Waals surface area contributed by atoms with Crippen LogP contribution in [0.15, 0.2) is 159 Å². The van der Waals surface area contributed by atoms with Crippen LogP contribution in [-0.2, 0) is 41.9 Å². The summed E-state index contributed by atoms with van der Waals surface area (Å²) in [4.78, 5) is 58.3. The average Bonchev–Trinajstić information content (AvgIpc) is 0.997. The molecule has 4 heterocycles. The monoisotopic (exact) mass is 1390 g/mol. The number of hydrogen-bond donors (Lipinski definition) is 0. The summed E-state index contributed by atoms with van der Waals surface area (Å²) in [5, 5.41) is 3.93. The van der Waals surface area contributed by atoms with Gasteiger partial charge in [0.25, 0.3) is 16.6 Å². The van der Waals surface area contributed by atoms with E-state index in [-0.39, 0.29) is 82.5 Å². The van der Waals surface area contributed by atoms with Crippen LogP contribution in [0.1, 0.15) is 179 Å². The molecular weight excluding hydrogens is 1280 g/mol. The number of aromatic nitrogens is 3. The highest BCUT2D eigenvalue weighted by atomic mass is 28.4. The van der Waals surface area contributed by atoms with Gasteiger partial charge in [0.05, 0.1) is 36.5 Å². The number of nitrogens with zero attached hydrogens (tertiary/aromatic N) is 3. The third-order valence-corrected chi connectivity index (χ3v) is 35.5. The number of oxazole rings is 3. The van der Waals surface area contributed by atoms with Crippen molar-refractivity contribution >= 4 is 69.3 Å². The minimum atomic E-state index is -3.24. The second-order valence-electron chi connectivity index (χ2n) is 31.0. The summed E-state index contributed by atoms with van der Waals surface area (Å²) in [5.41, 5.74) is 1.38. The summed E-state index contributed by atoms with van der Waals surface area (Å²) >= 11 is 0. The zero-order chi connectivity index (χ0) is 71.2. The van der Waals surface area contributed by atoms with Crippen molar-refractivity contribution in [3.63, 3.8) is 0 Å². The molecule has 0 spiro atoms. The lowest BCUT2D eigenvalue weighted by atomic mass is 9.84. The van der Waals surface area contributed by atoms with Gasteiger partial charge in [-0.15, -0.1) is 0 Å². The molecule has 10 atom stereocenters. The Morgan fingerprint density at radius 3 is 1.71 bits per heavy atom. The molecule has 0 N–H and O–H groups in total. The Hall–Kier alpha value is -6.49. The van der Waals surface area contributed by atoms with Gasteiger partial charge in [0, 0.05) is 64.3 Å². The van der Waals surface area contributed by atoms with Crippen molar-refractivity contribution in [2.45, 2.75) is 226 Å². The first-order valence-corrected chi connectivity index (χ1v) is 42.2. The van der Waals surface area contributed by atoms with E-state index in [1.54, 1.807) is 26.6 Å². The number of methoxy groups -OCH3 is 2. The van der Waals surface area contributed by atoms with E-state index in [4.69, 9.17) is 45.7 Å². The summed E-state index contributed by atoms with van der Waals surface area (Å²) in [6, 6.07) is 42.2. The lowest BCUT2D eigenvalue weighted by Gasteiger charge is -2.45. The van der Waals surface area contributed by atoms with Crippen LogP contribution in [0, 0.1) is 23.7 Å². The van der Waals surface area contributed by atoms with Crippen LogP contribution < -0.4 is 20.7 Å². The van der Waals surface area contributed by atoms with Crippen molar-refractivity contribution in [3.05, 3.63) is 158 Å². The van der Waals surface area contributed by atoms with Gasteiger partial charge in [0.1, 0.15) is 36.5 Å². The number of carbonyl (C=O) groups is 3. The first-order valence-electron chi connectivity index (χ1n) is 35.5. The Balaban J connectivity index is 1.07. The maximum Gasteiger partial charge on any atom is 0.308 e. The number of fused-ring (bicyclic) bond motifs is 8. The summed E-state index contributed by atoms with van der Waals surface area (Å²) < 4.78 is 59.8. The molecule has 530 valence electrons. The second kappa shape index (κ2) is 33.8. The zero-order valence-corrected chi connectivity index (χ0v) is 64.7. The Morgan fingerprint density at radius 1 is 0.643 bits per heavy atom. The SMILES string of the molecule is CO[C@@H]1C/C=C/c2nc(co2)-c2nc(co2)-c2nc(co2)[C@H](C)CC(=O)CCC[C@@H](O[Si](c2ccccc2)(c2ccccc2)C(C)(C)C)CC(=O)O[C@H](C[C@@H](OC)[C@@H](C)CCC(=O)[C@H](C)[C@H](O[Si](C)(C)C(C)(C)C)[C@H](C)CCO[Si](c2ccccc2)(c2ccccc2)C(C)(C)C)[C@H]1C. The lowest BCUT2D eigenvalue weighted by molar-refractivity contribution is -0.159. The summed E-state index contributed by atoms with van der Waals surface area (Å²) in [5.74, 6) is -0.615. The van der Waals surface area contributed by atoms with Crippen molar-refractivity contribution < 1.29 is 55.1 Å². The third-order valence-electron chi connectivity index (χ3n) is 20.9. The molecule has 6 bridgehead atoms. The van der Waals surface area contributed by atoms with Gasteiger partial charge in [0.15, 0.2) is 19.7 Å². The lowest BCUT2D eigenvalue weighted by Crippen LogP contribution is -2.67. The van der Waals surface area contributed by atoms with Gasteiger partial charge in [-0.2, -0.15) is 0 Å². The molecule has 0 unspecified atom stereocenters. The number of ketones is 2. The second-order valence-corrected chi connectivity index (χ2v) is 44.3. The van der Waals surface area contributed by atoms with Crippen molar-refractivity contribution in [2.75, 3.05) is 20.8 Å². The van der Waals surface area contributed by atoms with Gasteiger partial charge in [-0.05, 0) is 99.0 Å². The Morgan fingerprint density at radius 2 is 1.17 bits per heavy atom. The third kappa shape index (κ3) is 18.7. The number of benzene rings is 4. The highest BCUT2D eigenvalue weighted by Crippen LogP contribution is 2.43. The molecule has 0 amide bonds. The zero-order valence-electron chi connectivity index (χ0n) is 61.7. The van der Waals surface area contributed by atoms with E-state index in [9.17, 15) is 4.79 Å². The molecule has 98 heavy (non-hydrogen) atoms. The molecular formula is C80H111N3O12Si3. The number of esters is 1. The van der Waals surface area contributed by atoms with Crippen molar-refractivity contribution in [3.8, 4) is 23.2 Å². The van der Waals surface area contributed by atoms with Gasteiger partial charge in [-0.1, -0.05) is 224 Å². The van der Waals surface area contributed by atoms with Crippen molar-refractivity contribution in [1.29, 1.82) is 0 Å². The number of cyclic esters (lactones) is 1. The van der Waals surface area contributed by atoms with E-state index in [1.165, 1.54) is 22.9 Å². The first-order chi connectivity index (χ1) is 46.4. The quantitative estimate of drug-likeness (QED) is 0.0435. The van der Waals surface area contributed by atoms with Crippen molar-refractivity contribution in [1.82, 2.24) is 15.0 Å². The number of ether oxygens (including phenoxy) is 3. The summed E-state index contributed by atoms with van der Waals surface area (Å²) in [6.07, 6.45) is 9.19. The first kappa shape index (κ1) is 77.3. The van der Waals surface area contributed by atoms with E-state index < -0.39 is 66.3 Å². The molecule has 3 aromatic heterocycles. The number of carbonyl (C=O) groups excluding carboxylic acids is 3. The Bertz CT molecular complexity index is 3570. The van der Waals surface area contributed by atoms with E-state index in [2.05, 4.69) is 191 Å². The molecule has 0 saturated carbocycles. The molecule has 1 aliphatic rings. The topological polar surface area (TPSA) is 185 Å². The number of rotatable bonds is 23. The fourth-order valence-corrected chi connectivity index (χ4v) is 24.7. The van der Waals surface area contributed by atoms with Gasteiger partial charge < -0.3 is 40.7 Å². The normalized spacial score (nSPS) is 20.4. The molecule has 18 heteroatoms. The van der Waals surface area contributed by atoms with Gasteiger partial charge in [-0.3, -0.25) is 14.4 Å². The Kier molecular flexibility index (Phi) is 26.6. The maximum atomic E-state index is 15.3. The van der Waals surface area contributed by atoms with Crippen molar-refractivity contribution in [2.24, 2.45) is 23.7 Å². The standard InChI is InChI=1S/C80H111N3O12Si3/c1-55(45-46-69(85)58(4)75(95-96(17,18)78(6,7)8)56(2)47-48-92-97(79(9,10)11,62-35-23-19-24-36-62)63-37-25-20-26-38-63)71(88-16)51-72-59(5)70(87-15)43-32-44-73-81-67(53-89-73)76-83-68(54-91-76)77-82-66(52-90-77)57(3)49-60(84)33-31-34-61(50-74(86)93-72)94-98(80(12,13)14,64-39-27-21-28-40-64)65-41-29-22-30-42-65/h19-30,32,35-42,44,52-59,61,70-72,75H,31,33-34,43,45-51H2,1-18H3/b44-32+/t55-,56+,57+,58-,59-,61+,70+,71+,72+,75+/m0/s1. The minimum Gasteiger partial charge on any atom is -0.462 e. The summed E-state index contributed by atoms with van der Waals surface area (Å²) in [7, 11) is -5.10. The number of hydrogen-bond acceptors (Lipinski definition) is 15. The van der Waals surface area contributed by atoms with Gasteiger partial charge in [-0.25, -0.2) is 15.0 Å². The molecule has 8 rings (SSSR count). The largest absolute Gasteiger partial charge is 0.462 e. The molecule has 0 radical (unpaired) electrons. The van der Waals surface area contributed by atoms with Crippen LogP contribution in [0.3, 0.4) is 0 Å². The van der Waals surface area contributed by atoms with Crippen LogP contribution in [0.25, 0.3) is 29.2 Å². The Labute approximate surface area is 587 Å². The molecule has 1 aliphatic heterocycles. The van der Waals surface area contributed by atoms with Crippen LogP contribution in [0.2, 0.25) is 28.2 Å². The average molecular weight is 1390 g/mol. The van der Waals surface area contributed by atoms with Crippen LogP contribution in [-0.4, -0.2) is 109 Å². The predicted molar refractivity (Wildman–Crippen MR) is 397 cm³/mol. The van der Waals surface area contributed by atoms with Crippen LogP contribution >= 0.6 is 0 Å². The molecule has 0 saturated heterocycles. The van der Waals surface area contributed by atoms with E-state index in [1.807, 2.05) is 56.3 Å². The molecule has 4 aromatic carbocycles. The fraction of sp³-hybridized carbons (Fsp3) is 0.525. The van der Waals surface area contributed by atoms with Crippen LogP contribution in [0.4, 0.5) is 0 Å².